The lowest BCUT2D eigenvalue weighted by Crippen LogP contribution is -2.20. The second kappa shape index (κ2) is 3.35. The van der Waals surface area contributed by atoms with E-state index in [1.165, 1.54) is 6.92 Å². The summed E-state index contributed by atoms with van der Waals surface area (Å²) in [4.78, 5) is 32.5. The lowest BCUT2D eigenvalue weighted by atomic mass is 9.93. The minimum absolute atomic E-state index is 0.0417. The molecule has 0 fully saturated rings. The first-order valence-electron chi connectivity index (χ1n) is 3.73. The van der Waals surface area contributed by atoms with Gasteiger partial charge in [-0.05, 0) is 25.2 Å². The molecule has 0 saturated carbocycles. The number of carbonyl (C=O) groups is 3. The van der Waals surface area contributed by atoms with E-state index >= 15 is 0 Å². The van der Waals surface area contributed by atoms with Crippen molar-refractivity contribution in [2.75, 3.05) is 0 Å². The summed E-state index contributed by atoms with van der Waals surface area (Å²) in [5.41, 5.74) is 0.0417. The van der Waals surface area contributed by atoms with Gasteiger partial charge in [-0.25, -0.2) is 0 Å². The fourth-order valence-electron chi connectivity index (χ4n) is 0.998. The molecule has 0 saturated heterocycles. The summed E-state index contributed by atoms with van der Waals surface area (Å²) in [6, 6.07) is 0. The Hall–Kier alpha value is -1.71. The third-order valence-electron chi connectivity index (χ3n) is 1.82. The zero-order chi connectivity index (χ0) is 10.0. The third-order valence-corrected chi connectivity index (χ3v) is 1.82. The highest BCUT2D eigenvalue weighted by atomic mass is 16.4. The third kappa shape index (κ3) is 1.90. The van der Waals surface area contributed by atoms with Crippen molar-refractivity contribution in [1.82, 2.24) is 0 Å². The highest BCUT2D eigenvalue weighted by Gasteiger charge is 2.24. The van der Waals surface area contributed by atoms with Crippen LogP contribution in [0.25, 0.3) is 0 Å². The quantitative estimate of drug-likeness (QED) is 0.622. The van der Waals surface area contributed by atoms with Gasteiger partial charge in [0.1, 0.15) is 0 Å². The van der Waals surface area contributed by atoms with Gasteiger partial charge in [0.25, 0.3) is 0 Å². The summed E-state index contributed by atoms with van der Waals surface area (Å²) in [6.07, 6.45) is 3.29. The number of rotatable bonds is 2. The molecule has 1 atom stereocenters. The van der Waals surface area contributed by atoms with Crippen molar-refractivity contribution < 1.29 is 19.5 Å². The SMILES string of the molecule is CC(C(=O)O)C1=CC(=O)C=CC1=O. The molecule has 1 unspecified atom stereocenters. The molecule has 0 spiro atoms. The highest BCUT2D eigenvalue weighted by molar-refractivity contribution is 6.18. The van der Waals surface area contributed by atoms with Crippen LogP contribution in [0.5, 0.6) is 0 Å². The van der Waals surface area contributed by atoms with Crippen molar-refractivity contribution in [3.05, 3.63) is 23.8 Å². The van der Waals surface area contributed by atoms with Gasteiger partial charge in [0.2, 0.25) is 0 Å². The van der Waals surface area contributed by atoms with E-state index in [0.29, 0.717) is 0 Å². The summed E-state index contributed by atoms with van der Waals surface area (Å²) in [7, 11) is 0. The zero-order valence-corrected chi connectivity index (χ0v) is 6.98. The zero-order valence-electron chi connectivity index (χ0n) is 6.98. The number of hydrogen-bond acceptors (Lipinski definition) is 3. The van der Waals surface area contributed by atoms with Gasteiger partial charge in [0, 0.05) is 5.57 Å². The van der Waals surface area contributed by atoms with Gasteiger partial charge >= 0.3 is 5.97 Å². The largest absolute Gasteiger partial charge is 0.481 e. The summed E-state index contributed by atoms with van der Waals surface area (Å²) in [5, 5.41) is 8.61. The normalized spacial score (nSPS) is 18.4. The summed E-state index contributed by atoms with van der Waals surface area (Å²) in [5.74, 6) is -2.79. The topological polar surface area (TPSA) is 71.4 Å². The fourth-order valence-corrected chi connectivity index (χ4v) is 0.998. The van der Waals surface area contributed by atoms with Crippen molar-refractivity contribution in [1.29, 1.82) is 0 Å². The molecule has 4 heteroatoms. The Morgan fingerprint density at radius 2 is 2.00 bits per heavy atom. The molecule has 1 aliphatic carbocycles. The number of carbonyl (C=O) groups excluding carboxylic acids is 2. The lowest BCUT2D eigenvalue weighted by molar-refractivity contribution is -0.140. The fraction of sp³-hybridized carbons (Fsp3) is 0.222. The van der Waals surface area contributed by atoms with E-state index in [9.17, 15) is 14.4 Å². The van der Waals surface area contributed by atoms with Gasteiger partial charge in [-0.1, -0.05) is 0 Å². The minimum Gasteiger partial charge on any atom is -0.481 e. The highest BCUT2D eigenvalue weighted by Crippen LogP contribution is 2.15. The smallest absolute Gasteiger partial charge is 0.310 e. The Balaban J connectivity index is 2.97. The van der Waals surface area contributed by atoms with Gasteiger partial charge in [0.05, 0.1) is 5.92 Å². The van der Waals surface area contributed by atoms with Crippen molar-refractivity contribution >= 4 is 17.5 Å². The average molecular weight is 180 g/mol. The Morgan fingerprint density at radius 1 is 1.38 bits per heavy atom. The van der Waals surface area contributed by atoms with Crippen molar-refractivity contribution in [3.8, 4) is 0 Å². The first kappa shape index (κ1) is 9.38. The molecular formula is C9H8O4. The second-order valence-electron chi connectivity index (χ2n) is 2.76. The molecule has 4 nitrogen and oxygen atoms in total. The maximum Gasteiger partial charge on any atom is 0.310 e. The molecule has 13 heavy (non-hydrogen) atoms. The van der Waals surface area contributed by atoms with Crippen LogP contribution < -0.4 is 0 Å². The Morgan fingerprint density at radius 3 is 2.54 bits per heavy atom. The second-order valence-corrected chi connectivity index (χ2v) is 2.76. The Bertz CT molecular complexity index is 336. The van der Waals surface area contributed by atoms with Crippen LogP contribution in [-0.4, -0.2) is 22.6 Å². The molecule has 0 aromatic carbocycles. The predicted molar refractivity (Wildman–Crippen MR) is 44.0 cm³/mol. The van der Waals surface area contributed by atoms with Gasteiger partial charge in [-0.3, -0.25) is 14.4 Å². The van der Waals surface area contributed by atoms with Crippen LogP contribution in [0.15, 0.2) is 23.8 Å². The van der Waals surface area contributed by atoms with Gasteiger partial charge < -0.3 is 5.11 Å². The van der Waals surface area contributed by atoms with Crippen LogP contribution in [0, 0.1) is 5.92 Å². The number of aliphatic carboxylic acids is 1. The molecule has 1 N–H and O–H groups in total. The average Bonchev–Trinajstić information content (AvgIpc) is 2.08. The Kier molecular flexibility index (Phi) is 2.41. The first-order valence-corrected chi connectivity index (χ1v) is 3.73. The lowest BCUT2D eigenvalue weighted by Gasteiger charge is -2.10. The van der Waals surface area contributed by atoms with Crippen LogP contribution in [-0.2, 0) is 14.4 Å². The van der Waals surface area contributed by atoms with E-state index in [4.69, 9.17) is 5.11 Å². The molecule has 1 aliphatic rings. The molecule has 0 radical (unpaired) electrons. The van der Waals surface area contributed by atoms with Crippen molar-refractivity contribution in [3.63, 3.8) is 0 Å². The molecule has 0 aromatic heterocycles. The van der Waals surface area contributed by atoms with Gasteiger partial charge in [0.15, 0.2) is 11.6 Å². The molecule has 0 amide bonds. The molecule has 0 aliphatic heterocycles. The standard InChI is InChI=1S/C9H8O4/c1-5(9(12)13)7-4-6(10)2-3-8(7)11/h2-5H,1H3,(H,12,13). The Labute approximate surface area is 74.6 Å². The van der Waals surface area contributed by atoms with E-state index in [-0.39, 0.29) is 11.4 Å². The van der Waals surface area contributed by atoms with Crippen LogP contribution >= 0.6 is 0 Å². The molecule has 68 valence electrons. The number of hydrogen-bond donors (Lipinski definition) is 1. The van der Waals surface area contributed by atoms with Crippen LogP contribution in [0.3, 0.4) is 0 Å². The monoisotopic (exact) mass is 180 g/mol. The van der Waals surface area contributed by atoms with E-state index in [1.807, 2.05) is 0 Å². The molecular weight excluding hydrogens is 172 g/mol. The number of carboxylic acid groups (broad SMARTS) is 1. The molecule has 0 aromatic rings. The van der Waals surface area contributed by atoms with Gasteiger partial charge in [-0.2, -0.15) is 0 Å². The first-order chi connectivity index (χ1) is 6.02. The summed E-state index contributed by atoms with van der Waals surface area (Å²) < 4.78 is 0. The molecule has 1 rings (SSSR count). The number of allylic oxidation sites excluding steroid dienone is 3. The maximum atomic E-state index is 11.1. The number of ketones is 2. The van der Waals surface area contributed by atoms with Crippen molar-refractivity contribution in [2.24, 2.45) is 5.92 Å². The van der Waals surface area contributed by atoms with Crippen LogP contribution in [0.4, 0.5) is 0 Å². The van der Waals surface area contributed by atoms with Crippen molar-refractivity contribution in [2.45, 2.75) is 6.92 Å². The van der Waals surface area contributed by atoms with Crippen LogP contribution in [0.1, 0.15) is 6.92 Å². The molecule has 0 heterocycles. The summed E-state index contributed by atoms with van der Waals surface area (Å²) in [6.45, 7) is 1.37. The van der Waals surface area contributed by atoms with E-state index in [0.717, 1.165) is 18.2 Å². The predicted octanol–water partition coefficient (Wildman–Crippen LogP) is 0.341. The minimum atomic E-state index is -1.11. The summed E-state index contributed by atoms with van der Waals surface area (Å²) >= 11 is 0. The maximum absolute atomic E-state index is 11.1. The van der Waals surface area contributed by atoms with Crippen LogP contribution in [0.2, 0.25) is 0 Å². The van der Waals surface area contributed by atoms with Gasteiger partial charge in [-0.15, -0.1) is 0 Å². The van der Waals surface area contributed by atoms with E-state index in [1.54, 1.807) is 0 Å². The number of carboxylic acids is 1. The molecule has 0 bridgehead atoms. The van der Waals surface area contributed by atoms with E-state index in [2.05, 4.69) is 0 Å². The van der Waals surface area contributed by atoms with E-state index < -0.39 is 17.7 Å².